The maximum atomic E-state index is 12.7. The molecule has 2 aromatic rings. The smallest absolute Gasteiger partial charge is 0.272 e. The molecule has 0 N–H and O–H groups in total. The quantitative estimate of drug-likeness (QED) is 0.767. The predicted octanol–water partition coefficient (Wildman–Crippen LogP) is 0.778. The second-order valence-electron chi connectivity index (χ2n) is 5.62. The molecule has 11 heteroatoms. The van der Waals surface area contributed by atoms with E-state index in [0.717, 1.165) is 8.61 Å². The first-order chi connectivity index (χ1) is 11.9. The van der Waals surface area contributed by atoms with Gasteiger partial charge < -0.3 is 0 Å². The number of tetrazole rings is 1. The van der Waals surface area contributed by atoms with Crippen molar-refractivity contribution in [1.82, 2.24) is 28.8 Å². The van der Waals surface area contributed by atoms with E-state index in [1.165, 1.54) is 11.7 Å². The van der Waals surface area contributed by atoms with Gasteiger partial charge in [-0.2, -0.15) is 17.4 Å². The van der Waals surface area contributed by atoms with Crippen molar-refractivity contribution in [3.63, 3.8) is 0 Å². The van der Waals surface area contributed by atoms with Crippen molar-refractivity contribution >= 4 is 28.7 Å². The van der Waals surface area contributed by atoms with Crippen LogP contribution in [0.25, 0.3) is 5.69 Å². The number of thiol groups is 1. The number of carbonyl (C=O) groups is 1. The van der Waals surface area contributed by atoms with Crippen molar-refractivity contribution in [2.75, 3.05) is 7.05 Å². The highest BCUT2D eigenvalue weighted by Gasteiger charge is 2.51. The molecule has 2 unspecified atom stereocenters. The summed E-state index contributed by atoms with van der Waals surface area (Å²) >= 11 is 4.36. The van der Waals surface area contributed by atoms with E-state index < -0.39 is 27.5 Å². The molecule has 1 aliphatic rings. The number of nitrogens with zero attached hydrogens (tertiary/aromatic N) is 6. The van der Waals surface area contributed by atoms with Gasteiger partial charge in [-0.25, -0.2) is 4.31 Å². The van der Waals surface area contributed by atoms with Crippen LogP contribution >= 0.6 is 12.6 Å². The van der Waals surface area contributed by atoms with Crippen LogP contribution in [0.2, 0.25) is 0 Å². The molecule has 1 fully saturated rings. The van der Waals surface area contributed by atoms with Crippen LogP contribution in [0.3, 0.4) is 0 Å². The van der Waals surface area contributed by atoms with Gasteiger partial charge in [-0.15, -0.1) is 17.7 Å². The van der Waals surface area contributed by atoms with Gasteiger partial charge in [-0.05, 0) is 29.0 Å². The highest BCUT2D eigenvalue weighted by atomic mass is 32.2. The molecule has 25 heavy (non-hydrogen) atoms. The second kappa shape index (κ2) is 6.73. The Bertz CT molecular complexity index is 870. The molecule has 2 heterocycles. The summed E-state index contributed by atoms with van der Waals surface area (Å²) < 4.78 is 28.6. The molecular formula is C14H18N6O3S2. The minimum atomic E-state index is -3.98. The monoisotopic (exact) mass is 382 g/mol. The van der Waals surface area contributed by atoms with Crippen molar-refractivity contribution in [3.05, 3.63) is 36.2 Å². The Morgan fingerprint density at radius 3 is 2.60 bits per heavy atom. The van der Waals surface area contributed by atoms with Gasteiger partial charge in [-0.3, -0.25) is 4.79 Å². The summed E-state index contributed by atoms with van der Waals surface area (Å²) in [5.74, 6) is -0.371. The van der Waals surface area contributed by atoms with Crippen LogP contribution in [-0.4, -0.2) is 56.2 Å². The molecule has 9 nitrogen and oxygen atoms in total. The zero-order valence-electron chi connectivity index (χ0n) is 13.7. The Morgan fingerprint density at radius 2 is 1.96 bits per heavy atom. The number of carbonyl (C=O) groups excluding carboxylic acids is 1. The van der Waals surface area contributed by atoms with Gasteiger partial charge >= 0.3 is 10.2 Å². The van der Waals surface area contributed by atoms with E-state index in [9.17, 15) is 13.2 Å². The molecule has 0 spiro atoms. The molecule has 0 aliphatic carbocycles. The molecule has 0 bridgehead atoms. The first kappa shape index (κ1) is 17.8. The molecule has 1 amide bonds. The van der Waals surface area contributed by atoms with Crippen LogP contribution in [0.1, 0.15) is 31.0 Å². The lowest BCUT2D eigenvalue weighted by molar-refractivity contribution is -0.128. The fourth-order valence-corrected chi connectivity index (χ4v) is 4.88. The highest BCUT2D eigenvalue weighted by molar-refractivity contribution is 7.89. The third-order valence-corrected chi connectivity index (χ3v) is 6.55. The SMILES string of the molecule is CCCC1C(=O)N(C(S)c2nnnn2-c2ccccc2)S(=O)(=O)N1C. The van der Waals surface area contributed by atoms with Gasteiger partial charge in [0.1, 0.15) is 6.04 Å². The lowest BCUT2D eigenvalue weighted by atomic mass is 10.1. The Balaban J connectivity index is 2.01. The average Bonchev–Trinajstić information content (AvgIpc) is 3.14. The molecule has 0 saturated carbocycles. The lowest BCUT2D eigenvalue weighted by Crippen LogP contribution is -2.35. The zero-order chi connectivity index (χ0) is 18.2. The summed E-state index contributed by atoms with van der Waals surface area (Å²) in [5, 5.41) is 10.2. The summed E-state index contributed by atoms with van der Waals surface area (Å²) in [6, 6.07) is 8.25. The molecule has 3 rings (SSSR count). The number of aromatic nitrogens is 4. The molecular weight excluding hydrogens is 364 g/mol. The molecule has 1 aromatic heterocycles. The summed E-state index contributed by atoms with van der Waals surface area (Å²) in [7, 11) is -2.58. The fourth-order valence-electron chi connectivity index (χ4n) is 2.75. The molecule has 1 aromatic carbocycles. The number of benzene rings is 1. The van der Waals surface area contributed by atoms with Gasteiger partial charge in [0.25, 0.3) is 5.91 Å². The summed E-state index contributed by atoms with van der Waals surface area (Å²) in [6.07, 6.45) is 1.12. The van der Waals surface area contributed by atoms with Gasteiger partial charge in [0.05, 0.1) is 5.69 Å². The predicted molar refractivity (Wildman–Crippen MR) is 93.1 cm³/mol. The van der Waals surface area contributed by atoms with E-state index in [2.05, 4.69) is 28.2 Å². The topological polar surface area (TPSA) is 101 Å². The van der Waals surface area contributed by atoms with Gasteiger partial charge in [0, 0.05) is 7.05 Å². The standard InChI is InChI=1S/C14H18N6O3S2/c1-3-7-11-13(21)20(25(22,23)18(11)2)14(24)12-15-16-17-19(12)10-8-5-4-6-9-10/h4-6,8-9,11,14,24H,3,7H2,1-2H3. The van der Waals surface area contributed by atoms with Crippen LogP contribution < -0.4 is 0 Å². The van der Waals surface area contributed by atoms with Gasteiger partial charge in [0.15, 0.2) is 11.2 Å². The van der Waals surface area contributed by atoms with Gasteiger partial charge in [-0.1, -0.05) is 31.5 Å². The molecule has 0 radical (unpaired) electrons. The van der Waals surface area contributed by atoms with Crippen LogP contribution in [0.5, 0.6) is 0 Å². The van der Waals surface area contributed by atoms with Crippen molar-refractivity contribution in [3.8, 4) is 5.69 Å². The molecule has 1 aliphatic heterocycles. The van der Waals surface area contributed by atoms with E-state index in [-0.39, 0.29) is 5.82 Å². The number of hydrogen-bond donors (Lipinski definition) is 1. The maximum Gasteiger partial charge on any atom is 0.308 e. The van der Waals surface area contributed by atoms with E-state index in [1.807, 2.05) is 13.0 Å². The Hall–Kier alpha value is -1.98. The zero-order valence-corrected chi connectivity index (χ0v) is 15.4. The summed E-state index contributed by atoms with van der Waals surface area (Å²) in [5.41, 5.74) is 0.643. The van der Waals surface area contributed by atoms with Gasteiger partial charge in [0.2, 0.25) is 0 Å². The number of rotatable bonds is 5. The van der Waals surface area contributed by atoms with Crippen LogP contribution in [-0.2, 0) is 15.0 Å². The van der Waals surface area contributed by atoms with E-state index in [1.54, 1.807) is 24.3 Å². The van der Waals surface area contributed by atoms with Crippen LogP contribution in [0.4, 0.5) is 0 Å². The summed E-state index contributed by atoms with van der Waals surface area (Å²) in [6.45, 7) is 1.89. The fraction of sp³-hybridized carbons (Fsp3) is 0.429. The van der Waals surface area contributed by atoms with Crippen molar-refractivity contribution < 1.29 is 13.2 Å². The average molecular weight is 382 g/mol. The Labute approximate surface area is 151 Å². The number of para-hydroxylation sites is 1. The lowest BCUT2D eigenvalue weighted by Gasteiger charge is -2.21. The molecule has 134 valence electrons. The van der Waals surface area contributed by atoms with Crippen molar-refractivity contribution in [1.29, 1.82) is 0 Å². The number of likely N-dealkylation sites (N-methyl/N-ethyl adjacent to an activating group) is 1. The third-order valence-electron chi connectivity index (χ3n) is 4.06. The minimum absolute atomic E-state index is 0.150. The highest BCUT2D eigenvalue weighted by Crippen LogP contribution is 2.35. The molecule has 1 saturated heterocycles. The maximum absolute atomic E-state index is 12.7. The summed E-state index contributed by atoms with van der Waals surface area (Å²) in [4.78, 5) is 12.7. The Kier molecular flexibility index (Phi) is 4.80. The van der Waals surface area contributed by atoms with Crippen molar-refractivity contribution in [2.45, 2.75) is 31.2 Å². The largest absolute Gasteiger partial charge is 0.308 e. The minimum Gasteiger partial charge on any atom is -0.272 e. The van der Waals surface area contributed by atoms with Crippen LogP contribution in [0, 0.1) is 0 Å². The van der Waals surface area contributed by atoms with E-state index in [4.69, 9.17) is 0 Å². The molecule has 2 atom stereocenters. The van der Waals surface area contributed by atoms with Crippen LogP contribution in [0.15, 0.2) is 30.3 Å². The van der Waals surface area contributed by atoms with E-state index >= 15 is 0 Å². The first-order valence-corrected chi connectivity index (χ1v) is 9.64. The normalized spacial score (nSPS) is 21.6. The Morgan fingerprint density at radius 1 is 1.28 bits per heavy atom. The number of hydrogen-bond acceptors (Lipinski definition) is 7. The second-order valence-corrected chi connectivity index (χ2v) is 7.97. The number of amides is 1. The third kappa shape index (κ3) is 2.92. The first-order valence-electron chi connectivity index (χ1n) is 7.72. The van der Waals surface area contributed by atoms with E-state index in [0.29, 0.717) is 18.5 Å². The van der Waals surface area contributed by atoms with Crippen molar-refractivity contribution in [2.24, 2.45) is 0 Å².